The number of hydrogen-bond acceptors (Lipinski definition) is 3. The first-order valence-electron chi connectivity index (χ1n) is 4.95. The average molecular weight is 219 g/mol. The van der Waals surface area contributed by atoms with Gasteiger partial charge in [0.2, 0.25) is 0 Å². The van der Waals surface area contributed by atoms with E-state index in [-0.39, 0.29) is 0 Å². The zero-order valence-corrected chi connectivity index (χ0v) is 9.21. The number of carbonyl (C=O) groups excluding carboxylic acids is 1. The Morgan fingerprint density at radius 3 is 2.75 bits per heavy atom. The number of hydrogen-bond donors (Lipinski definition) is 0. The number of nitrogens with zero attached hydrogens (tertiary/aromatic N) is 1. The van der Waals surface area contributed by atoms with Crippen molar-refractivity contribution < 1.29 is 14.3 Å². The Morgan fingerprint density at radius 1 is 1.31 bits per heavy atom. The molecule has 1 aromatic carbocycles. The molecule has 1 aliphatic heterocycles. The largest absolute Gasteiger partial charge is 0.452 e. The van der Waals surface area contributed by atoms with Gasteiger partial charge in [-0.15, -0.1) is 0 Å². The number of anilines is 1. The number of para-hydroxylation sites is 1. The van der Waals surface area contributed by atoms with Crippen molar-refractivity contribution in [3.05, 3.63) is 35.9 Å². The molecule has 1 atom stereocenters. The SMILES string of the molecule is COC(=O)N1c2ccccc2C=CC1OC. The minimum atomic E-state index is -0.427. The van der Waals surface area contributed by atoms with Crippen molar-refractivity contribution in [2.75, 3.05) is 19.1 Å². The molecule has 0 fully saturated rings. The Balaban J connectivity index is 2.46. The van der Waals surface area contributed by atoms with E-state index in [1.54, 1.807) is 7.11 Å². The molecule has 1 amide bonds. The van der Waals surface area contributed by atoms with E-state index in [2.05, 4.69) is 0 Å². The summed E-state index contributed by atoms with van der Waals surface area (Å²) in [4.78, 5) is 13.2. The van der Waals surface area contributed by atoms with Crippen LogP contribution in [0.5, 0.6) is 0 Å². The standard InChI is InChI=1S/C12H13NO3/c1-15-11-8-7-9-5-3-4-6-10(9)13(11)12(14)16-2/h3-8,11H,1-2H3. The Labute approximate surface area is 94.1 Å². The Kier molecular flexibility index (Phi) is 2.92. The summed E-state index contributed by atoms with van der Waals surface area (Å²) >= 11 is 0. The monoisotopic (exact) mass is 219 g/mol. The lowest BCUT2D eigenvalue weighted by atomic mass is 10.1. The van der Waals surface area contributed by atoms with Gasteiger partial charge < -0.3 is 9.47 Å². The summed E-state index contributed by atoms with van der Waals surface area (Å²) in [7, 11) is 2.91. The number of benzene rings is 1. The Bertz CT molecular complexity index is 428. The van der Waals surface area contributed by atoms with Gasteiger partial charge in [-0.05, 0) is 17.7 Å². The first-order valence-corrected chi connectivity index (χ1v) is 4.95. The predicted molar refractivity (Wildman–Crippen MR) is 61.2 cm³/mol. The topological polar surface area (TPSA) is 38.8 Å². The third-order valence-electron chi connectivity index (χ3n) is 2.50. The van der Waals surface area contributed by atoms with Gasteiger partial charge in [0.25, 0.3) is 0 Å². The molecule has 84 valence electrons. The van der Waals surface area contributed by atoms with Crippen LogP contribution in [0.3, 0.4) is 0 Å². The zero-order valence-electron chi connectivity index (χ0n) is 9.21. The average Bonchev–Trinajstić information content (AvgIpc) is 2.36. The molecule has 1 aromatic rings. The fraction of sp³-hybridized carbons (Fsp3) is 0.250. The van der Waals surface area contributed by atoms with Crippen LogP contribution in [-0.2, 0) is 9.47 Å². The second-order valence-electron chi connectivity index (χ2n) is 3.38. The number of methoxy groups -OCH3 is 2. The smallest absolute Gasteiger partial charge is 0.416 e. The van der Waals surface area contributed by atoms with Gasteiger partial charge in [-0.2, -0.15) is 0 Å². The van der Waals surface area contributed by atoms with Crippen LogP contribution in [0, 0.1) is 0 Å². The zero-order chi connectivity index (χ0) is 11.5. The van der Waals surface area contributed by atoms with Crippen molar-refractivity contribution in [1.82, 2.24) is 0 Å². The lowest BCUT2D eigenvalue weighted by molar-refractivity contribution is 0.119. The van der Waals surface area contributed by atoms with Crippen LogP contribution in [0.25, 0.3) is 6.08 Å². The number of rotatable bonds is 1. The Morgan fingerprint density at radius 2 is 2.06 bits per heavy atom. The fourth-order valence-corrected chi connectivity index (χ4v) is 1.74. The van der Waals surface area contributed by atoms with Crippen molar-refractivity contribution in [2.24, 2.45) is 0 Å². The van der Waals surface area contributed by atoms with Gasteiger partial charge in [0.05, 0.1) is 12.8 Å². The number of carbonyl (C=O) groups is 1. The lowest BCUT2D eigenvalue weighted by Gasteiger charge is -2.31. The molecule has 2 rings (SSSR count). The molecule has 0 aliphatic carbocycles. The molecule has 1 unspecified atom stereocenters. The van der Waals surface area contributed by atoms with Gasteiger partial charge >= 0.3 is 6.09 Å². The summed E-state index contributed by atoms with van der Waals surface area (Å²) in [6, 6.07) is 7.60. The third-order valence-corrected chi connectivity index (χ3v) is 2.50. The van der Waals surface area contributed by atoms with E-state index in [1.807, 2.05) is 36.4 Å². The second-order valence-corrected chi connectivity index (χ2v) is 3.38. The van der Waals surface area contributed by atoms with E-state index in [1.165, 1.54) is 12.0 Å². The van der Waals surface area contributed by atoms with Crippen LogP contribution in [0.2, 0.25) is 0 Å². The maximum absolute atomic E-state index is 11.7. The van der Waals surface area contributed by atoms with E-state index < -0.39 is 12.3 Å². The molecule has 16 heavy (non-hydrogen) atoms. The van der Waals surface area contributed by atoms with Crippen molar-refractivity contribution in [1.29, 1.82) is 0 Å². The van der Waals surface area contributed by atoms with Gasteiger partial charge in [-0.25, -0.2) is 9.69 Å². The highest BCUT2D eigenvalue weighted by Crippen LogP contribution is 2.29. The summed E-state index contributed by atoms with van der Waals surface area (Å²) in [5, 5.41) is 0. The van der Waals surface area contributed by atoms with Crippen molar-refractivity contribution in [3.63, 3.8) is 0 Å². The molecule has 0 bridgehead atoms. The van der Waals surface area contributed by atoms with Gasteiger partial charge in [0.1, 0.15) is 0 Å². The lowest BCUT2D eigenvalue weighted by Crippen LogP contribution is -2.42. The van der Waals surface area contributed by atoms with Gasteiger partial charge in [-0.3, -0.25) is 0 Å². The van der Waals surface area contributed by atoms with Gasteiger partial charge in [0.15, 0.2) is 6.23 Å². The summed E-state index contributed by atoms with van der Waals surface area (Å²) in [6.07, 6.45) is 2.91. The van der Waals surface area contributed by atoms with E-state index in [0.717, 1.165) is 11.3 Å². The summed E-state index contributed by atoms with van der Waals surface area (Å²) < 4.78 is 9.97. The Hall–Kier alpha value is -1.81. The molecule has 0 spiro atoms. The molecule has 4 nitrogen and oxygen atoms in total. The summed E-state index contributed by atoms with van der Waals surface area (Å²) in [5.74, 6) is 0. The fourth-order valence-electron chi connectivity index (χ4n) is 1.74. The predicted octanol–water partition coefficient (Wildman–Crippen LogP) is 2.26. The highest BCUT2D eigenvalue weighted by molar-refractivity contribution is 5.93. The second kappa shape index (κ2) is 4.37. The normalized spacial score (nSPS) is 18.1. The molecule has 1 heterocycles. The minimum Gasteiger partial charge on any atom is -0.452 e. The van der Waals surface area contributed by atoms with Crippen LogP contribution in [0.15, 0.2) is 30.3 Å². The number of amides is 1. The maximum Gasteiger partial charge on any atom is 0.416 e. The van der Waals surface area contributed by atoms with Crippen LogP contribution in [0.1, 0.15) is 5.56 Å². The molecule has 0 saturated heterocycles. The highest BCUT2D eigenvalue weighted by atomic mass is 16.6. The highest BCUT2D eigenvalue weighted by Gasteiger charge is 2.28. The molecular formula is C12H13NO3. The number of ether oxygens (including phenoxy) is 2. The van der Waals surface area contributed by atoms with E-state index in [0.29, 0.717) is 0 Å². The molecule has 0 radical (unpaired) electrons. The first-order chi connectivity index (χ1) is 7.77. The van der Waals surface area contributed by atoms with Crippen LogP contribution in [-0.4, -0.2) is 26.5 Å². The molecule has 4 heteroatoms. The van der Waals surface area contributed by atoms with Gasteiger partial charge in [0, 0.05) is 7.11 Å². The van der Waals surface area contributed by atoms with E-state index in [4.69, 9.17) is 9.47 Å². The van der Waals surface area contributed by atoms with Crippen molar-refractivity contribution in [3.8, 4) is 0 Å². The summed E-state index contributed by atoms with van der Waals surface area (Å²) in [6.45, 7) is 0. The molecule has 1 aliphatic rings. The summed E-state index contributed by atoms with van der Waals surface area (Å²) in [5.41, 5.74) is 1.77. The molecule has 0 N–H and O–H groups in total. The minimum absolute atomic E-state index is 0.414. The van der Waals surface area contributed by atoms with Crippen LogP contribution < -0.4 is 4.90 Å². The molecule has 0 aromatic heterocycles. The molecular weight excluding hydrogens is 206 g/mol. The first kappa shape index (κ1) is 10.7. The van der Waals surface area contributed by atoms with Crippen LogP contribution in [0.4, 0.5) is 10.5 Å². The molecule has 0 saturated carbocycles. The van der Waals surface area contributed by atoms with E-state index in [9.17, 15) is 4.79 Å². The van der Waals surface area contributed by atoms with Crippen LogP contribution >= 0.6 is 0 Å². The van der Waals surface area contributed by atoms with Gasteiger partial charge in [-0.1, -0.05) is 24.3 Å². The van der Waals surface area contributed by atoms with Crippen molar-refractivity contribution >= 4 is 17.9 Å². The maximum atomic E-state index is 11.7. The third kappa shape index (κ3) is 1.67. The van der Waals surface area contributed by atoms with Crippen molar-refractivity contribution in [2.45, 2.75) is 6.23 Å². The quantitative estimate of drug-likeness (QED) is 0.727. The number of fused-ring (bicyclic) bond motifs is 1. The van der Waals surface area contributed by atoms with E-state index >= 15 is 0 Å².